The van der Waals surface area contributed by atoms with Crippen molar-refractivity contribution in [2.24, 2.45) is 10.4 Å². The maximum absolute atomic E-state index is 10.9. The van der Waals surface area contributed by atoms with Crippen LogP contribution in [0, 0.1) is 5.41 Å². The highest BCUT2D eigenvalue weighted by Crippen LogP contribution is 2.37. The number of carbonyl (C=O) groups is 2. The summed E-state index contributed by atoms with van der Waals surface area (Å²) in [6.07, 6.45) is 4.84. The highest BCUT2D eigenvalue weighted by Gasteiger charge is 2.30. The Bertz CT molecular complexity index is 312. The Morgan fingerprint density at radius 3 is 2.27 bits per heavy atom. The van der Waals surface area contributed by atoms with Crippen molar-refractivity contribution < 1.29 is 9.59 Å². The Morgan fingerprint density at radius 2 is 1.73 bits per heavy atom. The van der Waals surface area contributed by atoms with Crippen molar-refractivity contribution in [3.05, 3.63) is 0 Å². The number of aliphatic imine (C=N–C) groups is 1. The summed E-state index contributed by atoms with van der Waals surface area (Å²) in [6, 6.07) is 0. The fourth-order valence-electron chi connectivity index (χ4n) is 2.10. The maximum atomic E-state index is 10.9. The van der Waals surface area contributed by atoms with Gasteiger partial charge in [-0.1, -0.05) is 19.8 Å². The Hall–Kier alpha value is -1.39. The van der Waals surface area contributed by atoms with Crippen LogP contribution in [0.2, 0.25) is 0 Å². The van der Waals surface area contributed by atoms with Gasteiger partial charge in [0.2, 0.25) is 5.96 Å². The molecule has 1 aliphatic heterocycles. The van der Waals surface area contributed by atoms with Crippen LogP contribution in [0.25, 0.3) is 0 Å². The predicted molar refractivity (Wildman–Crippen MR) is 55.2 cm³/mol. The second-order valence-electron chi connectivity index (χ2n) is 4.59. The van der Waals surface area contributed by atoms with Gasteiger partial charge in [0.15, 0.2) is 0 Å². The number of nitrogens with one attached hydrogen (secondary N) is 2. The first-order valence-corrected chi connectivity index (χ1v) is 5.26. The van der Waals surface area contributed by atoms with Crippen LogP contribution in [0.15, 0.2) is 4.99 Å². The molecular formula is C10H15N3O2. The Balaban J connectivity index is 1.94. The molecule has 2 rings (SSSR count). The minimum atomic E-state index is -0.620. The molecule has 0 bridgehead atoms. The molecule has 0 radical (unpaired) electrons. The van der Waals surface area contributed by atoms with Gasteiger partial charge in [0, 0.05) is 6.54 Å². The first kappa shape index (κ1) is 10.1. The van der Waals surface area contributed by atoms with Crippen molar-refractivity contribution in [2.75, 3.05) is 6.54 Å². The van der Waals surface area contributed by atoms with Crippen molar-refractivity contribution in [1.29, 1.82) is 0 Å². The fraction of sp³-hybridized carbons (Fsp3) is 0.700. The summed E-state index contributed by atoms with van der Waals surface area (Å²) in [6.45, 7) is 2.87. The molecule has 0 aromatic rings. The van der Waals surface area contributed by atoms with E-state index in [9.17, 15) is 9.59 Å². The van der Waals surface area contributed by atoms with Gasteiger partial charge in [-0.3, -0.25) is 25.2 Å². The second kappa shape index (κ2) is 3.64. The summed E-state index contributed by atoms with van der Waals surface area (Å²) in [7, 11) is 0. The largest absolute Gasteiger partial charge is 0.316 e. The summed E-state index contributed by atoms with van der Waals surface area (Å²) in [5, 5.41) is 4.79. The number of carbonyl (C=O) groups excluding carboxylic acids is 2. The minimum Gasteiger partial charge on any atom is -0.288 e. The van der Waals surface area contributed by atoms with E-state index in [1.54, 1.807) is 0 Å². The average Bonchev–Trinajstić information content (AvgIpc) is 2.73. The van der Waals surface area contributed by atoms with Crippen molar-refractivity contribution >= 4 is 17.8 Å². The SMILES string of the molecule is CC1(CN=C2NC(=O)C(=O)N2)CCCC1. The van der Waals surface area contributed by atoms with Gasteiger partial charge in [-0.15, -0.1) is 0 Å². The van der Waals surface area contributed by atoms with Crippen molar-refractivity contribution in [3.63, 3.8) is 0 Å². The standard InChI is InChI=1S/C10H15N3O2/c1-10(4-2-3-5-10)6-11-9-12-7(14)8(15)13-9/h2-6H2,1H3,(H2,11,12,13,14,15). The van der Waals surface area contributed by atoms with E-state index in [1.165, 1.54) is 25.7 Å². The predicted octanol–water partition coefficient (Wildman–Crippen LogP) is 0.169. The molecule has 0 spiro atoms. The van der Waals surface area contributed by atoms with Gasteiger partial charge < -0.3 is 0 Å². The van der Waals surface area contributed by atoms with Gasteiger partial charge in [-0.25, -0.2) is 0 Å². The summed E-state index contributed by atoms with van der Waals surface area (Å²) < 4.78 is 0. The molecule has 2 fully saturated rings. The maximum Gasteiger partial charge on any atom is 0.316 e. The molecule has 1 saturated heterocycles. The lowest BCUT2D eigenvalue weighted by atomic mass is 9.89. The number of guanidine groups is 1. The Morgan fingerprint density at radius 1 is 1.20 bits per heavy atom. The summed E-state index contributed by atoms with van der Waals surface area (Å²) in [5.74, 6) is -0.936. The molecule has 1 heterocycles. The molecule has 5 heteroatoms. The highest BCUT2D eigenvalue weighted by atomic mass is 16.2. The van der Waals surface area contributed by atoms with Gasteiger partial charge in [-0.2, -0.15) is 0 Å². The lowest BCUT2D eigenvalue weighted by Crippen LogP contribution is -2.28. The normalized spacial score (nSPS) is 23.9. The fourth-order valence-corrected chi connectivity index (χ4v) is 2.10. The van der Waals surface area contributed by atoms with Gasteiger partial charge in [-0.05, 0) is 18.3 Å². The van der Waals surface area contributed by atoms with Crippen LogP contribution >= 0.6 is 0 Å². The van der Waals surface area contributed by atoms with Crippen molar-refractivity contribution in [1.82, 2.24) is 10.6 Å². The number of amides is 2. The molecule has 0 aromatic carbocycles. The third kappa shape index (κ3) is 2.16. The van der Waals surface area contributed by atoms with Gasteiger partial charge in [0.05, 0.1) is 0 Å². The number of rotatable bonds is 2. The quantitative estimate of drug-likeness (QED) is 0.636. The van der Waals surface area contributed by atoms with E-state index < -0.39 is 11.8 Å². The van der Waals surface area contributed by atoms with E-state index in [2.05, 4.69) is 22.5 Å². The van der Waals surface area contributed by atoms with Crippen molar-refractivity contribution in [2.45, 2.75) is 32.6 Å². The first-order chi connectivity index (χ1) is 7.09. The summed E-state index contributed by atoms with van der Waals surface area (Å²) in [5.41, 5.74) is 0.241. The monoisotopic (exact) mass is 209 g/mol. The van der Waals surface area contributed by atoms with Gasteiger partial charge in [0.1, 0.15) is 0 Å². The second-order valence-corrected chi connectivity index (χ2v) is 4.59. The molecule has 82 valence electrons. The minimum absolute atomic E-state index is 0.241. The Labute approximate surface area is 88.3 Å². The zero-order valence-corrected chi connectivity index (χ0v) is 8.80. The zero-order valence-electron chi connectivity index (χ0n) is 8.80. The number of hydrogen-bond donors (Lipinski definition) is 2. The number of hydrogen-bond acceptors (Lipinski definition) is 3. The van der Waals surface area contributed by atoms with Gasteiger partial charge >= 0.3 is 11.8 Å². The molecule has 2 N–H and O–H groups in total. The van der Waals surface area contributed by atoms with Crippen LogP contribution < -0.4 is 10.6 Å². The molecule has 1 aliphatic carbocycles. The first-order valence-electron chi connectivity index (χ1n) is 5.26. The van der Waals surface area contributed by atoms with Crippen LogP contribution in [0.4, 0.5) is 0 Å². The molecule has 0 unspecified atom stereocenters. The zero-order chi connectivity index (χ0) is 10.9. The average molecular weight is 209 g/mol. The highest BCUT2D eigenvalue weighted by molar-refractivity contribution is 6.45. The topological polar surface area (TPSA) is 70.6 Å². The molecule has 2 amide bonds. The molecular weight excluding hydrogens is 194 g/mol. The molecule has 0 aromatic heterocycles. The van der Waals surface area contributed by atoms with Crippen LogP contribution in [-0.2, 0) is 9.59 Å². The summed E-state index contributed by atoms with van der Waals surface area (Å²) in [4.78, 5) is 25.9. The van der Waals surface area contributed by atoms with E-state index in [0.717, 1.165) is 0 Å². The van der Waals surface area contributed by atoms with E-state index in [0.29, 0.717) is 12.5 Å². The van der Waals surface area contributed by atoms with E-state index >= 15 is 0 Å². The van der Waals surface area contributed by atoms with Gasteiger partial charge in [0.25, 0.3) is 0 Å². The Kier molecular flexibility index (Phi) is 2.46. The third-order valence-electron chi connectivity index (χ3n) is 3.10. The number of nitrogens with zero attached hydrogens (tertiary/aromatic N) is 1. The van der Waals surface area contributed by atoms with E-state index in [1.807, 2.05) is 0 Å². The van der Waals surface area contributed by atoms with Crippen LogP contribution in [0.5, 0.6) is 0 Å². The summed E-state index contributed by atoms with van der Waals surface area (Å²) >= 11 is 0. The molecule has 1 saturated carbocycles. The smallest absolute Gasteiger partial charge is 0.288 e. The molecule has 15 heavy (non-hydrogen) atoms. The molecule has 5 nitrogen and oxygen atoms in total. The van der Waals surface area contributed by atoms with Crippen LogP contribution in [-0.4, -0.2) is 24.3 Å². The lowest BCUT2D eigenvalue weighted by Gasteiger charge is -2.20. The molecule has 0 atom stereocenters. The van der Waals surface area contributed by atoms with Crippen LogP contribution in [0.1, 0.15) is 32.6 Å². The molecule has 2 aliphatic rings. The third-order valence-corrected chi connectivity index (χ3v) is 3.10. The van der Waals surface area contributed by atoms with E-state index in [-0.39, 0.29) is 5.41 Å². The van der Waals surface area contributed by atoms with Crippen LogP contribution in [0.3, 0.4) is 0 Å². The van der Waals surface area contributed by atoms with Crippen molar-refractivity contribution in [3.8, 4) is 0 Å². The lowest BCUT2D eigenvalue weighted by molar-refractivity contribution is -0.135. The van der Waals surface area contributed by atoms with E-state index in [4.69, 9.17) is 0 Å².